The molecule has 1 aliphatic rings. The van der Waals surface area contributed by atoms with Crippen LogP contribution < -0.4 is 5.32 Å². The molecule has 1 saturated heterocycles. The van der Waals surface area contributed by atoms with Crippen LogP contribution in [0, 0.1) is 12.3 Å². The average molecular weight is 441 g/mol. The molecule has 0 saturated carbocycles. The molecule has 0 spiro atoms. The summed E-state index contributed by atoms with van der Waals surface area (Å²) in [5.74, 6) is 2.07. The van der Waals surface area contributed by atoms with E-state index < -0.39 is 0 Å². The third kappa shape index (κ3) is 4.02. The lowest BCUT2D eigenvalue weighted by atomic mass is 9.93. The first-order valence-corrected chi connectivity index (χ1v) is 8.38. The number of aryl methyl sites for hydroxylation is 1. The van der Waals surface area contributed by atoms with Crippen LogP contribution in [0.3, 0.4) is 0 Å². The zero-order valence-electron chi connectivity index (χ0n) is 15.0. The smallest absolute Gasteiger partial charge is 0.193 e. The lowest BCUT2D eigenvalue weighted by molar-refractivity contribution is 0.370. The van der Waals surface area contributed by atoms with Crippen LogP contribution in [-0.4, -0.2) is 47.1 Å². The molecule has 1 aromatic carbocycles. The Balaban J connectivity index is 0.00000208. The predicted octanol–water partition coefficient (Wildman–Crippen LogP) is 3.27. The summed E-state index contributed by atoms with van der Waals surface area (Å²) in [6.07, 6.45) is 1.22. The third-order valence-corrected chi connectivity index (χ3v) is 4.65. The number of para-hydroxylation sites is 2. The molecule has 1 aromatic heterocycles. The quantitative estimate of drug-likeness (QED) is 0.452. The second kappa shape index (κ2) is 7.72. The number of hydrogen-bond acceptors (Lipinski definition) is 2. The van der Waals surface area contributed by atoms with Gasteiger partial charge in [0.05, 0.1) is 11.0 Å². The molecule has 1 N–H and O–H groups in total. The Hall–Kier alpha value is -1.31. The first kappa shape index (κ1) is 19.0. The predicted molar refractivity (Wildman–Crippen MR) is 111 cm³/mol. The maximum Gasteiger partial charge on any atom is 0.193 e. The van der Waals surface area contributed by atoms with E-state index in [-0.39, 0.29) is 24.0 Å². The monoisotopic (exact) mass is 441 g/mol. The molecule has 0 aliphatic carbocycles. The number of nitrogens with one attached hydrogen (secondary N) is 1. The van der Waals surface area contributed by atoms with Gasteiger partial charge in [-0.05, 0) is 30.9 Å². The molecule has 3 rings (SSSR count). The molecule has 5 nitrogen and oxygen atoms in total. The lowest BCUT2D eigenvalue weighted by Crippen LogP contribution is -2.41. The van der Waals surface area contributed by atoms with E-state index in [1.54, 1.807) is 0 Å². The summed E-state index contributed by atoms with van der Waals surface area (Å²) in [4.78, 5) is 11.4. The minimum Gasteiger partial charge on any atom is -0.354 e. The minimum absolute atomic E-state index is 0. The number of hydrogen-bond donors (Lipinski definition) is 1. The van der Waals surface area contributed by atoms with Crippen LogP contribution in [0.4, 0.5) is 0 Å². The average Bonchev–Trinajstić information content (AvgIpc) is 3.03. The van der Waals surface area contributed by atoms with Gasteiger partial charge < -0.3 is 14.8 Å². The number of likely N-dealkylation sites (tertiary alicyclic amines) is 1. The topological polar surface area (TPSA) is 45.5 Å². The molecule has 0 atom stereocenters. The van der Waals surface area contributed by atoms with E-state index in [9.17, 15) is 0 Å². The van der Waals surface area contributed by atoms with E-state index in [0.29, 0.717) is 5.41 Å². The van der Waals surface area contributed by atoms with Crippen molar-refractivity contribution >= 4 is 41.0 Å². The van der Waals surface area contributed by atoms with Gasteiger partial charge in [-0.2, -0.15) is 0 Å². The fourth-order valence-electron chi connectivity index (χ4n) is 3.38. The van der Waals surface area contributed by atoms with E-state index in [1.807, 2.05) is 13.1 Å². The Bertz CT molecular complexity index is 719. The van der Waals surface area contributed by atoms with E-state index in [2.05, 4.69) is 63.7 Å². The molecule has 2 heterocycles. The summed E-state index contributed by atoms with van der Waals surface area (Å²) in [6.45, 7) is 10.6. The summed E-state index contributed by atoms with van der Waals surface area (Å²) in [7, 11) is 1.87. The zero-order valence-corrected chi connectivity index (χ0v) is 17.4. The van der Waals surface area contributed by atoms with Crippen molar-refractivity contribution in [2.45, 2.75) is 33.7 Å². The number of benzene rings is 1. The van der Waals surface area contributed by atoms with Crippen molar-refractivity contribution in [3.8, 4) is 0 Å². The summed E-state index contributed by atoms with van der Waals surface area (Å²) < 4.78 is 2.27. The van der Waals surface area contributed by atoms with Crippen LogP contribution in [0.15, 0.2) is 29.3 Å². The van der Waals surface area contributed by atoms with Crippen LogP contribution >= 0.6 is 24.0 Å². The third-order valence-electron chi connectivity index (χ3n) is 4.65. The highest BCUT2D eigenvalue weighted by molar-refractivity contribution is 14.0. The number of nitrogens with zero attached hydrogens (tertiary/aromatic N) is 4. The van der Waals surface area contributed by atoms with Crippen LogP contribution in [0.1, 0.15) is 26.1 Å². The normalized spacial score (nSPS) is 17.2. The fourth-order valence-corrected chi connectivity index (χ4v) is 3.38. The van der Waals surface area contributed by atoms with Crippen molar-refractivity contribution in [3.05, 3.63) is 30.1 Å². The van der Waals surface area contributed by atoms with Crippen LogP contribution in [0.25, 0.3) is 11.0 Å². The van der Waals surface area contributed by atoms with Gasteiger partial charge in [-0.3, -0.25) is 4.99 Å². The lowest BCUT2D eigenvalue weighted by Gasteiger charge is -2.23. The zero-order chi connectivity index (χ0) is 16.4. The Morgan fingerprint density at radius 2 is 2.08 bits per heavy atom. The number of halogens is 1. The number of imidazole rings is 1. The fraction of sp³-hybridized carbons (Fsp3) is 0.556. The molecule has 6 heteroatoms. The van der Waals surface area contributed by atoms with Gasteiger partial charge in [-0.1, -0.05) is 26.0 Å². The Labute approximate surface area is 161 Å². The van der Waals surface area contributed by atoms with Crippen molar-refractivity contribution in [2.75, 3.05) is 26.7 Å². The molecule has 0 bridgehead atoms. The number of aliphatic imine (C=N–C) groups is 1. The number of fused-ring (bicyclic) bond motifs is 1. The summed E-state index contributed by atoms with van der Waals surface area (Å²) >= 11 is 0. The van der Waals surface area contributed by atoms with Crippen molar-refractivity contribution in [1.29, 1.82) is 0 Å². The van der Waals surface area contributed by atoms with Gasteiger partial charge >= 0.3 is 0 Å². The van der Waals surface area contributed by atoms with E-state index in [4.69, 9.17) is 0 Å². The molecular formula is C18H28IN5. The SMILES string of the molecule is CN=C(NCCn1c(C)nc2ccccc21)N1CCC(C)(C)C1.I. The first-order valence-electron chi connectivity index (χ1n) is 8.38. The van der Waals surface area contributed by atoms with Crippen LogP contribution in [-0.2, 0) is 6.54 Å². The minimum atomic E-state index is 0. The number of rotatable bonds is 3. The highest BCUT2D eigenvalue weighted by Gasteiger charge is 2.30. The van der Waals surface area contributed by atoms with Crippen molar-refractivity contribution < 1.29 is 0 Å². The van der Waals surface area contributed by atoms with Gasteiger partial charge in [0.25, 0.3) is 0 Å². The number of guanidine groups is 1. The molecule has 132 valence electrons. The van der Waals surface area contributed by atoms with Gasteiger partial charge in [0.2, 0.25) is 0 Å². The van der Waals surface area contributed by atoms with Crippen molar-refractivity contribution in [2.24, 2.45) is 10.4 Å². The van der Waals surface area contributed by atoms with Gasteiger partial charge in [-0.25, -0.2) is 4.98 Å². The Kier molecular flexibility index (Phi) is 6.11. The highest BCUT2D eigenvalue weighted by atomic mass is 127. The molecule has 24 heavy (non-hydrogen) atoms. The van der Waals surface area contributed by atoms with E-state index in [1.165, 1.54) is 11.9 Å². The summed E-state index contributed by atoms with van der Waals surface area (Å²) in [5, 5.41) is 3.51. The summed E-state index contributed by atoms with van der Waals surface area (Å²) in [5.41, 5.74) is 2.65. The standard InChI is InChI=1S/C18H27N5.HI/c1-14-21-15-7-5-6-8-16(15)23(14)12-10-20-17(19-4)22-11-9-18(2,3)13-22;/h5-8H,9-13H2,1-4H3,(H,19,20);1H. The molecule has 0 amide bonds. The van der Waals surface area contributed by atoms with E-state index >= 15 is 0 Å². The Morgan fingerprint density at radius 3 is 2.75 bits per heavy atom. The first-order chi connectivity index (χ1) is 11.0. The molecular weight excluding hydrogens is 413 g/mol. The number of aromatic nitrogens is 2. The second-order valence-corrected chi connectivity index (χ2v) is 7.11. The van der Waals surface area contributed by atoms with Gasteiger partial charge in [0, 0.05) is 33.2 Å². The molecule has 2 aromatic rings. The van der Waals surface area contributed by atoms with E-state index in [0.717, 1.165) is 43.5 Å². The molecule has 0 radical (unpaired) electrons. The highest BCUT2D eigenvalue weighted by Crippen LogP contribution is 2.28. The second-order valence-electron chi connectivity index (χ2n) is 7.11. The largest absolute Gasteiger partial charge is 0.354 e. The van der Waals surface area contributed by atoms with Gasteiger partial charge in [0.1, 0.15) is 5.82 Å². The maximum atomic E-state index is 4.62. The van der Waals surface area contributed by atoms with Crippen molar-refractivity contribution in [1.82, 2.24) is 19.8 Å². The molecule has 1 aliphatic heterocycles. The van der Waals surface area contributed by atoms with Crippen molar-refractivity contribution in [3.63, 3.8) is 0 Å². The van der Waals surface area contributed by atoms with Gasteiger partial charge in [0.15, 0.2) is 5.96 Å². The molecule has 1 fully saturated rings. The Morgan fingerprint density at radius 1 is 1.33 bits per heavy atom. The molecule has 0 unspecified atom stereocenters. The summed E-state index contributed by atoms with van der Waals surface area (Å²) in [6, 6.07) is 8.30. The maximum absolute atomic E-state index is 4.62. The van der Waals surface area contributed by atoms with Gasteiger partial charge in [-0.15, -0.1) is 24.0 Å². The van der Waals surface area contributed by atoms with Crippen LogP contribution in [0.5, 0.6) is 0 Å². The van der Waals surface area contributed by atoms with Crippen LogP contribution in [0.2, 0.25) is 0 Å².